The molecule has 33 heavy (non-hydrogen) atoms. The maximum Gasteiger partial charge on any atom is 0.288 e. The molecule has 13 heteroatoms. The average Bonchev–Trinajstić information content (AvgIpc) is 3.28. The van der Waals surface area contributed by atoms with Gasteiger partial charge in [0.25, 0.3) is 11.2 Å². The van der Waals surface area contributed by atoms with Gasteiger partial charge in [-0.3, -0.25) is 14.9 Å². The zero-order chi connectivity index (χ0) is 23.1. The zero-order valence-corrected chi connectivity index (χ0v) is 17.1. The Morgan fingerprint density at radius 2 is 2.12 bits per heavy atom. The van der Waals surface area contributed by atoms with E-state index < -0.39 is 16.5 Å². The summed E-state index contributed by atoms with van der Waals surface area (Å²) < 4.78 is 6.99. The Bertz CT molecular complexity index is 1450. The van der Waals surface area contributed by atoms with Crippen molar-refractivity contribution in [1.29, 1.82) is 0 Å². The summed E-state index contributed by atoms with van der Waals surface area (Å²) in [5.41, 5.74) is 1.26. The molecule has 166 valence electrons. The molecule has 2 aromatic carbocycles. The topological polar surface area (TPSA) is 174 Å². The smallest absolute Gasteiger partial charge is 0.288 e. The molecule has 0 spiro atoms. The van der Waals surface area contributed by atoms with Crippen LogP contribution < -0.4 is 15.6 Å². The van der Waals surface area contributed by atoms with E-state index in [1.54, 1.807) is 25.1 Å². The first-order valence-corrected chi connectivity index (χ1v) is 9.86. The number of aromatic nitrogens is 6. The Morgan fingerprint density at radius 1 is 1.27 bits per heavy atom. The van der Waals surface area contributed by atoms with Crippen molar-refractivity contribution >= 4 is 17.3 Å². The number of tetrazole rings is 1. The zero-order valence-electron chi connectivity index (χ0n) is 17.1. The maximum absolute atomic E-state index is 12.7. The number of aromatic hydroxyl groups is 1. The minimum Gasteiger partial charge on any atom is -0.504 e. The summed E-state index contributed by atoms with van der Waals surface area (Å²) in [5.74, 6) is 0.425. The normalized spacial score (nSPS) is 14.2. The highest BCUT2D eigenvalue weighted by atomic mass is 16.6. The first kappa shape index (κ1) is 20.1. The van der Waals surface area contributed by atoms with E-state index >= 15 is 0 Å². The Balaban J connectivity index is 1.78. The second-order valence-corrected chi connectivity index (χ2v) is 7.13. The summed E-state index contributed by atoms with van der Waals surface area (Å²) in [7, 11) is 0. The van der Waals surface area contributed by atoms with Gasteiger partial charge in [0.05, 0.1) is 17.2 Å². The van der Waals surface area contributed by atoms with Crippen LogP contribution >= 0.6 is 0 Å². The number of phenols is 1. The number of benzene rings is 2. The number of fused-ring (bicyclic) bond motifs is 2. The number of phenolic OH excluding ortho intramolecular Hbond substituents is 1. The molecule has 0 fully saturated rings. The van der Waals surface area contributed by atoms with Gasteiger partial charge < -0.3 is 15.2 Å². The SMILES string of the molecule is CCOc1cc(C2c3c(-c4cccc([N+](=O)[O-])c4)n[nH]c(=O)c3Nc3nnnn32)ccc1O. The molecule has 0 saturated heterocycles. The van der Waals surface area contributed by atoms with E-state index in [9.17, 15) is 20.0 Å². The number of nitrogens with zero attached hydrogens (tertiary/aromatic N) is 6. The van der Waals surface area contributed by atoms with Gasteiger partial charge in [-0.05, 0) is 35.0 Å². The van der Waals surface area contributed by atoms with Crippen LogP contribution in [0.1, 0.15) is 24.1 Å². The summed E-state index contributed by atoms with van der Waals surface area (Å²) >= 11 is 0. The Hall–Kier alpha value is -4.81. The molecule has 0 amide bonds. The fraction of sp³-hybridized carbons (Fsp3) is 0.150. The van der Waals surface area contributed by atoms with Crippen molar-refractivity contribution < 1.29 is 14.8 Å². The molecular formula is C20H16N8O5. The molecule has 1 unspecified atom stereocenters. The third kappa shape index (κ3) is 3.31. The van der Waals surface area contributed by atoms with Crippen LogP contribution in [0.4, 0.5) is 17.3 Å². The lowest BCUT2D eigenvalue weighted by Crippen LogP contribution is -2.29. The van der Waals surface area contributed by atoms with Gasteiger partial charge in [-0.2, -0.15) is 9.78 Å². The van der Waals surface area contributed by atoms with E-state index in [0.29, 0.717) is 29.0 Å². The van der Waals surface area contributed by atoms with Crippen molar-refractivity contribution in [2.24, 2.45) is 0 Å². The summed E-state index contributed by atoms with van der Waals surface area (Å²) in [6, 6.07) is 9.94. The van der Waals surface area contributed by atoms with E-state index in [2.05, 4.69) is 31.0 Å². The molecule has 0 bridgehead atoms. The van der Waals surface area contributed by atoms with Gasteiger partial charge in [-0.15, -0.1) is 0 Å². The van der Waals surface area contributed by atoms with E-state index in [0.717, 1.165) is 0 Å². The molecule has 0 radical (unpaired) electrons. The Kier molecular flexibility index (Phi) is 4.70. The molecule has 0 saturated carbocycles. The average molecular weight is 448 g/mol. The highest BCUT2D eigenvalue weighted by Gasteiger charge is 2.35. The molecule has 1 aliphatic heterocycles. The number of nitro benzene ring substituents is 1. The van der Waals surface area contributed by atoms with Gasteiger partial charge in [0, 0.05) is 23.3 Å². The van der Waals surface area contributed by atoms with Gasteiger partial charge in [0.15, 0.2) is 11.5 Å². The second-order valence-electron chi connectivity index (χ2n) is 7.13. The number of aromatic amines is 1. The highest BCUT2D eigenvalue weighted by Crippen LogP contribution is 2.43. The lowest BCUT2D eigenvalue weighted by atomic mass is 9.92. The van der Waals surface area contributed by atoms with E-state index in [-0.39, 0.29) is 28.8 Å². The fourth-order valence-electron chi connectivity index (χ4n) is 3.80. The molecule has 3 N–H and O–H groups in total. The van der Waals surface area contributed by atoms with Crippen LogP contribution in [0.5, 0.6) is 11.5 Å². The monoisotopic (exact) mass is 448 g/mol. The van der Waals surface area contributed by atoms with E-state index in [4.69, 9.17) is 4.74 Å². The van der Waals surface area contributed by atoms with Crippen molar-refractivity contribution in [3.63, 3.8) is 0 Å². The number of rotatable bonds is 5. The molecular weight excluding hydrogens is 432 g/mol. The molecule has 13 nitrogen and oxygen atoms in total. The molecule has 1 aliphatic rings. The molecule has 5 rings (SSSR count). The van der Waals surface area contributed by atoms with Crippen molar-refractivity contribution in [3.8, 4) is 22.8 Å². The minimum atomic E-state index is -0.741. The first-order chi connectivity index (χ1) is 16.0. The fourth-order valence-corrected chi connectivity index (χ4v) is 3.80. The van der Waals surface area contributed by atoms with Crippen LogP contribution in [-0.2, 0) is 0 Å². The van der Waals surface area contributed by atoms with Gasteiger partial charge >= 0.3 is 0 Å². The van der Waals surface area contributed by atoms with Crippen LogP contribution in [0.3, 0.4) is 0 Å². The van der Waals surface area contributed by atoms with Crippen LogP contribution in [0.15, 0.2) is 47.3 Å². The quantitative estimate of drug-likeness (QED) is 0.267. The van der Waals surface area contributed by atoms with Crippen molar-refractivity contribution in [3.05, 3.63) is 74.1 Å². The molecule has 3 heterocycles. The minimum absolute atomic E-state index is 0.0466. The Labute approximate surface area is 184 Å². The van der Waals surface area contributed by atoms with Gasteiger partial charge in [0.1, 0.15) is 11.7 Å². The van der Waals surface area contributed by atoms with Gasteiger partial charge in [-0.25, -0.2) is 5.10 Å². The van der Waals surface area contributed by atoms with E-state index in [1.165, 1.54) is 28.9 Å². The van der Waals surface area contributed by atoms with Crippen LogP contribution in [0.2, 0.25) is 0 Å². The predicted octanol–water partition coefficient (Wildman–Crippen LogP) is 2.13. The van der Waals surface area contributed by atoms with Crippen LogP contribution in [0, 0.1) is 10.1 Å². The highest BCUT2D eigenvalue weighted by molar-refractivity contribution is 5.76. The lowest BCUT2D eigenvalue weighted by Gasteiger charge is -2.28. The summed E-state index contributed by atoms with van der Waals surface area (Å²) in [4.78, 5) is 23.5. The lowest BCUT2D eigenvalue weighted by molar-refractivity contribution is -0.384. The molecule has 4 aromatic rings. The second kappa shape index (κ2) is 7.71. The number of hydrogen-bond acceptors (Lipinski definition) is 10. The van der Waals surface area contributed by atoms with Crippen LogP contribution in [-0.4, -0.2) is 47.0 Å². The molecule has 1 atom stereocenters. The first-order valence-electron chi connectivity index (χ1n) is 9.86. The third-order valence-electron chi connectivity index (χ3n) is 5.20. The molecule has 2 aromatic heterocycles. The van der Waals surface area contributed by atoms with Crippen molar-refractivity contribution in [1.82, 2.24) is 30.4 Å². The number of hydrogen-bond donors (Lipinski definition) is 3. The number of ether oxygens (including phenoxy) is 1. The number of non-ortho nitro benzene ring substituents is 1. The standard InChI is InChI=1S/C20H16N8O5/c1-2-33-14-9-11(6-7-13(14)29)18-15-16(10-4-3-5-12(8-10)28(31)32)22-23-19(30)17(15)21-20-24-25-26-27(18)20/h3-9,18,29H,2H2,1H3,(H,23,30)(H,21,24,26). The predicted molar refractivity (Wildman–Crippen MR) is 115 cm³/mol. The third-order valence-corrected chi connectivity index (χ3v) is 5.20. The maximum atomic E-state index is 12.7. The number of anilines is 2. The number of H-pyrrole nitrogens is 1. The van der Waals surface area contributed by atoms with Crippen molar-refractivity contribution in [2.75, 3.05) is 11.9 Å². The largest absolute Gasteiger partial charge is 0.504 e. The summed E-state index contributed by atoms with van der Waals surface area (Å²) in [6.45, 7) is 2.12. The van der Waals surface area contributed by atoms with Gasteiger partial charge in [0.2, 0.25) is 5.95 Å². The Morgan fingerprint density at radius 3 is 2.91 bits per heavy atom. The summed E-state index contributed by atoms with van der Waals surface area (Å²) in [6.07, 6.45) is 0. The number of nitrogens with one attached hydrogen (secondary N) is 2. The molecule has 0 aliphatic carbocycles. The summed E-state index contributed by atoms with van der Waals surface area (Å²) in [5, 5.41) is 42.7. The van der Waals surface area contributed by atoms with Crippen LogP contribution in [0.25, 0.3) is 11.3 Å². The van der Waals surface area contributed by atoms with E-state index in [1.807, 2.05) is 0 Å². The van der Waals surface area contributed by atoms with Crippen molar-refractivity contribution in [2.45, 2.75) is 13.0 Å². The van der Waals surface area contributed by atoms with Gasteiger partial charge in [-0.1, -0.05) is 23.3 Å². The number of nitro groups is 1.